The molecule has 1 aromatic rings. The SMILES string of the molecule is O=C(O)C(F)(F)F.O=Cc1n[nH]c2c1CCNC2. The van der Waals surface area contributed by atoms with Crippen molar-refractivity contribution >= 4 is 12.3 Å². The number of carbonyl (C=O) groups is 2. The highest BCUT2D eigenvalue weighted by Gasteiger charge is 2.38. The van der Waals surface area contributed by atoms with Crippen LogP contribution in [0, 0.1) is 0 Å². The maximum Gasteiger partial charge on any atom is 0.490 e. The minimum absolute atomic E-state index is 0.571. The molecule has 0 radical (unpaired) electrons. The van der Waals surface area contributed by atoms with E-state index in [0.29, 0.717) is 5.69 Å². The summed E-state index contributed by atoms with van der Waals surface area (Å²) in [7, 11) is 0. The fraction of sp³-hybridized carbons (Fsp3) is 0.444. The van der Waals surface area contributed by atoms with E-state index in [0.717, 1.165) is 37.1 Å². The van der Waals surface area contributed by atoms with Gasteiger partial charge in [0.15, 0.2) is 6.29 Å². The molecule has 3 N–H and O–H groups in total. The van der Waals surface area contributed by atoms with Gasteiger partial charge >= 0.3 is 12.1 Å². The van der Waals surface area contributed by atoms with E-state index in [9.17, 15) is 18.0 Å². The largest absolute Gasteiger partial charge is 0.490 e. The number of hydrogen-bond donors (Lipinski definition) is 3. The Morgan fingerprint density at radius 1 is 1.44 bits per heavy atom. The Balaban J connectivity index is 0.000000203. The second-order valence-electron chi connectivity index (χ2n) is 3.41. The van der Waals surface area contributed by atoms with Gasteiger partial charge < -0.3 is 10.4 Å². The van der Waals surface area contributed by atoms with Gasteiger partial charge in [0.05, 0.1) is 5.69 Å². The highest BCUT2D eigenvalue weighted by atomic mass is 19.4. The molecule has 2 rings (SSSR count). The molecule has 0 saturated carbocycles. The van der Waals surface area contributed by atoms with E-state index in [1.165, 1.54) is 0 Å². The third kappa shape index (κ3) is 3.55. The van der Waals surface area contributed by atoms with Gasteiger partial charge in [-0.25, -0.2) is 4.79 Å². The maximum absolute atomic E-state index is 10.6. The Morgan fingerprint density at radius 2 is 2.06 bits per heavy atom. The summed E-state index contributed by atoms with van der Waals surface area (Å²) in [6.45, 7) is 1.74. The van der Waals surface area contributed by atoms with E-state index in [4.69, 9.17) is 9.90 Å². The zero-order chi connectivity index (χ0) is 13.8. The van der Waals surface area contributed by atoms with Crippen molar-refractivity contribution in [3.8, 4) is 0 Å². The third-order valence-corrected chi connectivity index (χ3v) is 2.19. The quantitative estimate of drug-likeness (QED) is 0.643. The van der Waals surface area contributed by atoms with E-state index in [1.54, 1.807) is 0 Å². The maximum atomic E-state index is 10.6. The number of halogens is 3. The van der Waals surface area contributed by atoms with Gasteiger partial charge in [-0.3, -0.25) is 9.89 Å². The molecule has 18 heavy (non-hydrogen) atoms. The highest BCUT2D eigenvalue weighted by molar-refractivity contribution is 5.74. The number of aromatic amines is 1. The number of aldehydes is 1. The first kappa shape index (κ1) is 14.2. The molecule has 1 aliphatic rings. The Labute approximate surface area is 99.2 Å². The summed E-state index contributed by atoms with van der Waals surface area (Å²) in [5, 5.41) is 17.0. The Bertz CT molecular complexity index is 442. The third-order valence-electron chi connectivity index (χ3n) is 2.19. The van der Waals surface area contributed by atoms with Gasteiger partial charge in [0.2, 0.25) is 0 Å². The molecule has 0 aliphatic carbocycles. The van der Waals surface area contributed by atoms with Crippen LogP contribution in [0.2, 0.25) is 0 Å². The molecule has 100 valence electrons. The normalized spacial score (nSPS) is 14.2. The van der Waals surface area contributed by atoms with Gasteiger partial charge in [0.1, 0.15) is 5.69 Å². The minimum atomic E-state index is -5.08. The molecule has 9 heteroatoms. The van der Waals surface area contributed by atoms with Gasteiger partial charge in [0, 0.05) is 12.1 Å². The van der Waals surface area contributed by atoms with Crippen molar-refractivity contribution in [2.24, 2.45) is 0 Å². The molecule has 6 nitrogen and oxygen atoms in total. The summed E-state index contributed by atoms with van der Waals surface area (Å²) < 4.78 is 31.7. The van der Waals surface area contributed by atoms with Crippen LogP contribution < -0.4 is 5.32 Å². The second kappa shape index (κ2) is 5.63. The topological polar surface area (TPSA) is 95.1 Å². The molecule has 0 spiro atoms. The lowest BCUT2D eigenvalue weighted by molar-refractivity contribution is -0.192. The van der Waals surface area contributed by atoms with Crippen molar-refractivity contribution in [2.45, 2.75) is 19.1 Å². The fourth-order valence-corrected chi connectivity index (χ4v) is 1.37. The van der Waals surface area contributed by atoms with Crippen molar-refractivity contribution in [3.63, 3.8) is 0 Å². The van der Waals surface area contributed by atoms with Crippen molar-refractivity contribution in [2.75, 3.05) is 6.54 Å². The Hall–Kier alpha value is -1.90. The first-order valence-corrected chi connectivity index (χ1v) is 4.88. The second-order valence-corrected chi connectivity index (χ2v) is 3.41. The van der Waals surface area contributed by atoms with Crippen LogP contribution in [0.5, 0.6) is 0 Å². The summed E-state index contributed by atoms with van der Waals surface area (Å²) in [5.41, 5.74) is 2.71. The molecule has 0 fully saturated rings. The predicted octanol–water partition coefficient (Wildman–Crippen LogP) is 0.501. The van der Waals surface area contributed by atoms with Gasteiger partial charge in [-0.05, 0) is 13.0 Å². The van der Waals surface area contributed by atoms with Crippen LogP contribution in [0.15, 0.2) is 0 Å². The number of hydrogen-bond acceptors (Lipinski definition) is 4. The molecule has 1 aliphatic heterocycles. The number of carboxylic acid groups (broad SMARTS) is 1. The highest BCUT2D eigenvalue weighted by Crippen LogP contribution is 2.13. The summed E-state index contributed by atoms with van der Waals surface area (Å²) in [6.07, 6.45) is -3.37. The number of carboxylic acids is 1. The molecule has 0 unspecified atom stereocenters. The lowest BCUT2D eigenvalue weighted by Gasteiger charge is -2.11. The lowest BCUT2D eigenvalue weighted by atomic mass is 10.1. The molecule has 0 amide bonds. The number of aromatic nitrogens is 2. The van der Waals surface area contributed by atoms with Crippen LogP contribution >= 0.6 is 0 Å². The molecule has 0 saturated heterocycles. The first-order valence-electron chi connectivity index (χ1n) is 4.88. The molecular formula is C9H10F3N3O3. The van der Waals surface area contributed by atoms with E-state index >= 15 is 0 Å². The van der Waals surface area contributed by atoms with Crippen molar-refractivity contribution in [1.82, 2.24) is 15.5 Å². The van der Waals surface area contributed by atoms with Gasteiger partial charge in [-0.15, -0.1) is 0 Å². The average Bonchev–Trinajstić information content (AvgIpc) is 2.71. The Morgan fingerprint density at radius 3 is 2.56 bits per heavy atom. The summed E-state index contributed by atoms with van der Waals surface area (Å²) >= 11 is 0. The van der Waals surface area contributed by atoms with Crippen molar-refractivity contribution < 1.29 is 27.9 Å². The zero-order valence-corrected chi connectivity index (χ0v) is 9.04. The van der Waals surface area contributed by atoms with Crippen LogP contribution in [0.25, 0.3) is 0 Å². The smallest absolute Gasteiger partial charge is 0.475 e. The molecule has 0 bridgehead atoms. The Kier molecular flexibility index (Phi) is 4.43. The van der Waals surface area contributed by atoms with Gasteiger partial charge in [-0.2, -0.15) is 18.3 Å². The summed E-state index contributed by atoms with van der Waals surface area (Å²) in [4.78, 5) is 19.3. The predicted molar refractivity (Wildman–Crippen MR) is 53.1 cm³/mol. The number of nitrogens with zero attached hydrogens (tertiary/aromatic N) is 1. The summed E-state index contributed by atoms with van der Waals surface area (Å²) in [5.74, 6) is -2.76. The minimum Gasteiger partial charge on any atom is -0.475 e. The van der Waals surface area contributed by atoms with Crippen LogP contribution in [0.1, 0.15) is 21.7 Å². The lowest BCUT2D eigenvalue weighted by Crippen LogP contribution is -2.23. The number of aliphatic carboxylic acids is 1. The number of fused-ring (bicyclic) bond motifs is 1. The molecule has 0 atom stereocenters. The van der Waals surface area contributed by atoms with E-state index < -0.39 is 12.1 Å². The van der Waals surface area contributed by atoms with Crippen LogP contribution in [-0.4, -0.2) is 40.3 Å². The van der Waals surface area contributed by atoms with E-state index in [2.05, 4.69) is 15.5 Å². The summed E-state index contributed by atoms with van der Waals surface area (Å²) in [6, 6.07) is 0. The van der Waals surface area contributed by atoms with Crippen LogP contribution in [0.4, 0.5) is 13.2 Å². The molecule has 2 heterocycles. The zero-order valence-electron chi connectivity index (χ0n) is 9.04. The molecule has 0 aromatic carbocycles. The van der Waals surface area contributed by atoms with Crippen molar-refractivity contribution in [3.05, 3.63) is 17.0 Å². The standard InChI is InChI=1S/C7H9N3O.C2HF3O2/c11-4-7-5-1-2-8-3-6(5)9-10-7;3-2(4,5)1(6)7/h4,8H,1-3H2,(H,9,10);(H,6,7). The van der Waals surface area contributed by atoms with Crippen LogP contribution in [0.3, 0.4) is 0 Å². The van der Waals surface area contributed by atoms with E-state index in [1.807, 2.05) is 0 Å². The van der Waals surface area contributed by atoms with Crippen LogP contribution in [-0.2, 0) is 17.8 Å². The number of alkyl halides is 3. The number of nitrogens with one attached hydrogen (secondary N) is 2. The molecular weight excluding hydrogens is 255 g/mol. The monoisotopic (exact) mass is 265 g/mol. The van der Waals surface area contributed by atoms with E-state index in [-0.39, 0.29) is 0 Å². The average molecular weight is 265 g/mol. The van der Waals surface area contributed by atoms with Gasteiger partial charge in [-0.1, -0.05) is 0 Å². The number of rotatable bonds is 1. The molecule has 1 aromatic heterocycles. The number of H-pyrrole nitrogens is 1. The van der Waals surface area contributed by atoms with Gasteiger partial charge in [0.25, 0.3) is 0 Å². The first-order chi connectivity index (χ1) is 8.36. The fourth-order valence-electron chi connectivity index (χ4n) is 1.37. The van der Waals surface area contributed by atoms with Crippen molar-refractivity contribution in [1.29, 1.82) is 0 Å². The number of carbonyl (C=O) groups excluding carboxylic acids is 1.